The van der Waals surface area contributed by atoms with Crippen molar-refractivity contribution < 1.29 is 9.15 Å². The number of halogens is 1. The molecular formula is C16H15BrN2O2. The number of hydrazine groups is 1. The van der Waals surface area contributed by atoms with Crippen LogP contribution in [-0.2, 0) is 0 Å². The highest BCUT2D eigenvalue weighted by Crippen LogP contribution is 2.33. The zero-order chi connectivity index (χ0) is 14.8. The number of benzene rings is 2. The van der Waals surface area contributed by atoms with Gasteiger partial charge in [0.15, 0.2) is 0 Å². The summed E-state index contributed by atoms with van der Waals surface area (Å²) in [5.41, 5.74) is 4.60. The van der Waals surface area contributed by atoms with E-state index >= 15 is 0 Å². The lowest BCUT2D eigenvalue weighted by Gasteiger charge is -2.16. The van der Waals surface area contributed by atoms with Crippen LogP contribution in [0.3, 0.4) is 0 Å². The number of hydrogen-bond donors (Lipinski definition) is 2. The molecule has 0 aliphatic rings. The third-order valence-corrected chi connectivity index (χ3v) is 4.13. The van der Waals surface area contributed by atoms with Gasteiger partial charge in [-0.05, 0) is 35.9 Å². The van der Waals surface area contributed by atoms with Crippen LogP contribution in [0, 0.1) is 0 Å². The number of methoxy groups -OCH3 is 1. The molecule has 0 radical (unpaired) electrons. The Hall–Kier alpha value is -1.82. The summed E-state index contributed by atoms with van der Waals surface area (Å²) in [6, 6.07) is 15.4. The van der Waals surface area contributed by atoms with E-state index in [9.17, 15) is 0 Å². The molecule has 0 saturated carbocycles. The van der Waals surface area contributed by atoms with E-state index in [1.807, 2.05) is 48.5 Å². The first-order valence-electron chi connectivity index (χ1n) is 6.51. The van der Waals surface area contributed by atoms with Crippen molar-refractivity contribution in [2.24, 2.45) is 5.84 Å². The highest BCUT2D eigenvalue weighted by molar-refractivity contribution is 9.10. The summed E-state index contributed by atoms with van der Waals surface area (Å²) in [7, 11) is 1.64. The minimum absolute atomic E-state index is 0.262. The third kappa shape index (κ3) is 2.68. The molecule has 1 unspecified atom stereocenters. The lowest BCUT2D eigenvalue weighted by molar-refractivity contribution is 0.412. The zero-order valence-corrected chi connectivity index (χ0v) is 13.1. The van der Waals surface area contributed by atoms with E-state index < -0.39 is 0 Å². The first-order chi connectivity index (χ1) is 10.2. The number of nitrogens with one attached hydrogen (secondary N) is 1. The summed E-state index contributed by atoms with van der Waals surface area (Å²) in [6.07, 6.45) is 0. The van der Waals surface area contributed by atoms with E-state index in [-0.39, 0.29) is 6.04 Å². The molecule has 108 valence electrons. The summed E-state index contributed by atoms with van der Waals surface area (Å²) in [5.74, 6) is 7.27. The maximum absolute atomic E-state index is 5.90. The summed E-state index contributed by atoms with van der Waals surface area (Å²) in [4.78, 5) is 0. The fraction of sp³-hybridized carbons (Fsp3) is 0.125. The molecule has 3 rings (SSSR count). The molecule has 0 aliphatic carbocycles. The van der Waals surface area contributed by atoms with Gasteiger partial charge in [-0.25, -0.2) is 5.43 Å². The predicted octanol–water partition coefficient (Wildman–Crippen LogP) is 3.76. The average molecular weight is 347 g/mol. The quantitative estimate of drug-likeness (QED) is 0.557. The monoisotopic (exact) mass is 346 g/mol. The van der Waals surface area contributed by atoms with Gasteiger partial charge in [0.1, 0.15) is 23.1 Å². The maximum atomic E-state index is 5.90. The van der Waals surface area contributed by atoms with E-state index in [1.165, 1.54) is 0 Å². The van der Waals surface area contributed by atoms with E-state index in [1.54, 1.807) is 7.11 Å². The van der Waals surface area contributed by atoms with E-state index in [0.717, 1.165) is 32.5 Å². The molecule has 0 fully saturated rings. The topological polar surface area (TPSA) is 60.4 Å². The lowest BCUT2D eigenvalue weighted by Crippen LogP contribution is -2.28. The third-order valence-electron chi connectivity index (χ3n) is 3.41. The van der Waals surface area contributed by atoms with Crippen LogP contribution in [0.1, 0.15) is 17.4 Å². The van der Waals surface area contributed by atoms with Crippen molar-refractivity contribution >= 4 is 26.9 Å². The van der Waals surface area contributed by atoms with Crippen molar-refractivity contribution in [1.82, 2.24) is 5.43 Å². The van der Waals surface area contributed by atoms with Crippen molar-refractivity contribution in [3.8, 4) is 5.75 Å². The molecule has 4 nitrogen and oxygen atoms in total. The second kappa shape index (κ2) is 5.89. The number of ether oxygens (including phenoxy) is 1. The Labute approximate surface area is 131 Å². The van der Waals surface area contributed by atoms with Crippen LogP contribution in [-0.4, -0.2) is 7.11 Å². The van der Waals surface area contributed by atoms with Gasteiger partial charge in [-0.1, -0.05) is 34.1 Å². The molecule has 1 atom stereocenters. The fourth-order valence-corrected chi connectivity index (χ4v) is 2.82. The molecule has 0 bridgehead atoms. The summed E-state index contributed by atoms with van der Waals surface area (Å²) in [6.45, 7) is 0. The Balaban J connectivity index is 2.09. The van der Waals surface area contributed by atoms with Gasteiger partial charge in [0.05, 0.1) is 7.11 Å². The number of hydrogen-bond acceptors (Lipinski definition) is 4. The molecule has 0 aliphatic heterocycles. The molecule has 1 aromatic heterocycles. The standard InChI is InChI=1S/C16H15BrN2O2/c1-20-11-6-7-13(17)12(9-11)16(19-18)15-8-10-4-2-3-5-14(10)21-15/h2-9,16,19H,18H2,1H3. The molecule has 2 aromatic carbocycles. The number of rotatable bonds is 4. The van der Waals surface area contributed by atoms with Crippen molar-refractivity contribution in [1.29, 1.82) is 0 Å². The fourth-order valence-electron chi connectivity index (χ4n) is 2.34. The highest BCUT2D eigenvalue weighted by Gasteiger charge is 2.20. The van der Waals surface area contributed by atoms with Gasteiger partial charge in [0.2, 0.25) is 0 Å². The second-order valence-electron chi connectivity index (χ2n) is 4.67. The normalized spacial score (nSPS) is 12.5. The van der Waals surface area contributed by atoms with Crippen molar-refractivity contribution in [3.63, 3.8) is 0 Å². The Morgan fingerprint density at radius 1 is 1.19 bits per heavy atom. The lowest BCUT2D eigenvalue weighted by atomic mass is 10.0. The SMILES string of the molecule is COc1ccc(Br)c(C(NN)c2cc3ccccc3o2)c1. The smallest absolute Gasteiger partial charge is 0.134 e. The maximum Gasteiger partial charge on any atom is 0.134 e. The zero-order valence-electron chi connectivity index (χ0n) is 11.5. The summed E-state index contributed by atoms with van der Waals surface area (Å²) in [5, 5.41) is 1.05. The van der Waals surface area contributed by atoms with Crippen molar-refractivity contribution in [3.05, 3.63) is 64.3 Å². The van der Waals surface area contributed by atoms with E-state index in [4.69, 9.17) is 15.0 Å². The van der Waals surface area contributed by atoms with Crippen LogP contribution in [0.25, 0.3) is 11.0 Å². The molecule has 21 heavy (non-hydrogen) atoms. The minimum Gasteiger partial charge on any atom is -0.497 e. The van der Waals surface area contributed by atoms with Gasteiger partial charge in [0.25, 0.3) is 0 Å². The van der Waals surface area contributed by atoms with Gasteiger partial charge in [0, 0.05) is 9.86 Å². The first kappa shape index (κ1) is 14.1. The molecule has 1 heterocycles. The van der Waals surface area contributed by atoms with Crippen LogP contribution < -0.4 is 16.0 Å². The van der Waals surface area contributed by atoms with Crippen LogP contribution >= 0.6 is 15.9 Å². The number of fused-ring (bicyclic) bond motifs is 1. The Bertz CT molecular complexity index is 737. The molecule has 0 saturated heterocycles. The molecular weight excluding hydrogens is 332 g/mol. The van der Waals surface area contributed by atoms with Crippen LogP contribution in [0.15, 0.2) is 57.4 Å². The molecule has 0 spiro atoms. The first-order valence-corrected chi connectivity index (χ1v) is 7.30. The Morgan fingerprint density at radius 3 is 2.71 bits per heavy atom. The summed E-state index contributed by atoms with van der Waals surface area (Å²) >= 11 is 3.55. The van der Waals surface area contributed by atoms with Crippen LogP contribution in [0.5, 0.6) is 5.75 Å². The van der Waals surface area contributed by atoms with Crippen LogP contribution in [0.4, 0.5) is 0 Å². The largest absolute Gasteiger partial charge is 0.497 e. The molecule has 5 heteroatoms. The predicted molar refractivity (Wildman–Crippen MR) is 86.1 cm³/mol. The minimum atomic E-state index is -0.262. The average Bonchev–Trinajstić information content (AvgIpc) is 2.93. The molecule has 3 aromatic rings. The van der Waals surface area contributed by atoms with Gasteiger partial charge in [-0.3, -0.25) is 5.84 Å². The second-order valence-corrected chi connectivity index (χ2v) is 5.53. The Morgan fingerprint density at radius 2 is 2.00 bits per heavy atom. The van der Waals surface area contributed by atoms with Crippen molar-refractivity contribution in [2.45, 2.75) is 6.04 Å². The van der Waals surface area contributed by atoms with Crippen molar-refractivity contribution in [2.75, 3.05) is 7.11 Å². The highest BCUT2D eigenvalue weighted by atomic mass is 79.9. The van der Waals surface area contributed by atoms with Gasteiger partial charge in [-0.15, -0.1) is 0 Å². The summed E-state index contributed by atoms with van der Waals surface area (Å²) < 4.78 is 12.1. The van der Waals surface area contributed by atoms with Gasteiger partial charge < -0.3 is 9.15 Å². The number of furan rings is 1. The van der Waals surface area contributed by atoms with Crippen LogP contribution in [0.2, 0.25) is 0 Å². The number of nitrogens with two attached hydrogens (primary N) is 1. The van der Waals surface area contributed by atoms with Gasteiger partial charge >= 0.3 is 0 Å². The molecule has 0 amide bonds. The Kier molecular flexibility index (Phi) is 3.96. The van der Waals surface area contributed by atoms with Gasteiger partial charge in [-0.2, -0.15) is 0 Å². The van der Waals surface area contributed by atoms with E-state index in [2.05, 4.69) is 21.4 Å². The van der Waals surface area contributed by atoms with E-state index in [0.29, 0.717) is 0 Å². The number of para-hydroxylation sites is 1. The molecule has 3 N–H and O–H groups in total.